The maximum absolute atomic E-state index is 13.2. The van der Waals surface area contributed by atoms with Crippen molar-refractivity contribution in [1.82, 2.24) is 24.1 Å². The van der Waals surface area contributed by atoms with Gasteiger partial charge in [-0.1, -0.05) is 0 Å². The van der Waals surface area contributed by atoms with Crippen LogP contribution in [0.25, 0.3) is 0 Å². The molecule has 1 saturated heterocycles. The lowest BCUT2D eigenvalue weighted by Crippen LogP contribution is -2.44. The van der Waals surface area contributed by atoms with Crippen molar-refractivity contribution < 1.29 is 13.2 Å². The van der Waals surface area contributed by atoms with E-state index < -0.39 is 10.0 Å². The number of aromatic nitrogens is 4. The van der Waals surface area contributed by atoms with E-state index in [4.69, 9.17) is 10.00 Å². The van der Waals surface area contributed by atoms with Crippen molar-refractivity contribution in [3.05, 3.63) is 29.5 Å². The Morgan fingerprint density at radius 1 is 1.33 bits per heavy atom. The van der Waals surface area contributed by atoms with Crippen molar-refractivity contribution in [3.63, 3.8) is 0 Å². The molecule has 10 heteroatoms. The third kappa shape index (κ3) is 3.65. The first kappa shape index (κ1) is 19.3. The van der Waals surface area contributed by atoms with Crippen molar-refractivity contribution in [3.8, 4) is 11.9 Å². The number of nitrogens with zero attached hydrogens (tertiary/aromatic N) is 6. The predicted octanol–water partition coefficient (Wildman–Crippen LogP) is 1.41. The van der Waals surface area contributed by atoms with Gasteiger partial charge < -0.3 is 4.74 Å². The second kappa shape index (κ2) is 7.62. The number of piperidine rings is 1. The first-order valence-electron chi connectivity index (χ1n) is 8.80. The average molecular weight is 390 g/mol. The summed E-state index contributed by atoms with van der Waals surface area (Å²) < 4.78 is 35.4. The summed E-state index contributed by atoms with van der Waals surface area (Å²) in [6.07, 6.45) is 3.81. The Morgan fingerprint density at radius 3 is 2.74 bits per heavy atom. The van der Waals surface area contributed by atoms with Crippen LogP contribution in [-0.4, -0.2) is 51.7 Å². The first-order valence-corrected chi connectivity index (χ1v) is 10.2. The zero-order valence-electron chi connectivity index (χ0n) is 15.6. The molecule has 2 aromatic rings. The fraction of sp³-hybridized carbons (Fsp3) is 0.529. The molecular formula is C17H22N6O3S. The fourth-order valence-corrected chi connectivity index (χ4v) is 5.24. The summed E-state index contributed by atoms with van der Waals surface area (Å²) in [7, 11) is -3.68. The molecule has 0 radical (unpaired) electrons. The summed E-state index contributed by atoms with van der Waals surface area (Å²) in [6, 6.07) is 1.94. The molecule has 0 aliphatic carbocycles. The Bertz CT molecular complexity index is 979. The molecule has 1 unspecified atom stereocenters. The van der Waals surface area contributed by atoms with Crippen LogP contribution in [0.5, 0.6) is 5.88 Å². The van der Waals surface area contributed by atoms with Gasteiger partial charge in [-0.05, 0) is 33.6 Å². The fourth-order valence-electron chi connectivity index (χ4n) is 3.36. The minimum absolute atomic E-state index is 0.0911. The van der Waals surface area contributed by atoms with E-state index in [2.05, 4.69) is 15.1 Å². The van der Waals surface area contributed by atoms with Gasteiger partial charge in [-0.2, -0.15) is 14.7 Å². The van der Waals surface area contributed by atoms with Crippen LogP contribution in [0, 0.1) is 25.2 Å². The Balaban J connectivity index is 1.84. The van der Waals surface area contributed by atoms with Crippen LogP contribution in [0.2, 0.25) is 0 Å². The maximum Gasteiger partial charge on any atom is 0.251 e. The summed E-state index contributed by atoms with van der Waals surface area (Å²) in [5.41, 5.74) is 1.23. The minimum Gasteiger partial charge on any atom is -0.471 e. The topological polar surface area (TPSA) is 114 Å². The quantitative estimate of drug-likeness (QED) is 0.758. The van der Waals surface area contributed by atoms with Crippen molar-refractivity contribution in [2.24, 2.45) is 0 Å². The summed E-state index contributed by atoms with van der Waals surface area (Å²) in [4.78, 5) is 8.23. The molecule has 2 aromatic heterocycles. The number of ether oxygens (including phenoxy) is 1. The minimum atomic E-state index is -3.68. The lowest BCUT2D eigenvalue weighted by Gasteiger charge is -2.31. The van der Waals surface area contributed by atoms with E-state index >= 15 is 0 Å². The Kier molecular flexibility index (Phi) is 5.43. The van der Waals surface area contributed by atoms with Gasteiger partial charge in [0.25, 0.3) is 5.88 Å². The molecule has 0 spiro atoms. The zero-order chi connectivity index (χ0) is 19.6. The van der Waals surface area contributed by atoms with Crippen LogP contribution in [-0.2, 0) is 16.6 Å². The molecule has 3 heterocycles. The third-order valence-electron chi connectivity index (χ3n) is 4.60. The van der Waals surface area contributed by atoms with E-state index in [9.17, 15) is 8.42 Å². The van der Waals surface area contributed by atoms with Crippen LogP contribution in [0.1, 0.15) is 36.8 Å². The highest BCUT2D eigenvalue weighted by Crippen LogP contribution is 2.27. The maximum atomic E-state index is 13.2. The second-order valence-electron chi connectivity index (χ2n) is 6.38. The molecule has 1 aliphatic rings. The number of hydrogen-bond acceptors (Lipinski definition) is 7. The van der Waals surface area contributed by atoms with Crippen molar-refractivity contribution in [2.75, 3.05) is 13.1 Å². The Labute approximate surface area is 158 Å². The van der Waals surface area contributed by atoms with Gasteiger partial charge in [-0.25, -0.2) is 18.4 Å². The molecule has 0 N–H and O–H groups in total. The van der Waals surface area contributed by atoms with E-state index in [1.165, 1.54) is 16.7 Å². The molecule has 3 rings (SSSR count). The molecule has 27 heavy (non-hydrogen) atoms. The standard InChI is InChI=1S/C17H22N6O3S/c1-4-23-13(3)16(12(2)21-23)27(24,25)22-9-5-6-14(11-22)26-17-15(10-18)19-7-8-20-17/h7-8,14H,4-6,9,11H2,1-3H3. The van der Waals surface area contributed by atoms with Gasteiger partial charge in [0.1, 0.15) is 17.1 Å². The molecule has 0 saturated carbocycles. The summed E-state index contributed by atoms with van der Waals surface area (Å²) >= 11 is 0. The Hall–Kier alpha value is -2.51. The molecule has 1 fully saturated rings. The zero-order valence-corrected chi connectivity index (χ0v) is 16.4. The van der Waals surface area contributed by atoms with Gasteiger partial charge in [0.05, 0.1) is 17.9 Å². The molecule has 9 nitrogen and oxygen atoms in total. The summed E-state index contributed by atoms with van der Waals surface area (Å²) in [5, 5.41) is 13.4. The van der Waals surface area contributed by atoms with Gasteiger partial charge >= 0.3 is 0 Å². The van der Waals surface area contributed by atoms with Crippen molar-refractivity contribution in [2.45, 2.75) is 51.2 Å². The molecule has 0 amide bonds. The Morgan fingerprint density at radius 2 is 2.07 bits per heavy atom. The van der Waals surface area contributed by atoms with Gasteiger partial charge in [0.15, 0.2) is 0 Å². The molecule has 0 aromatic carbocycles. The molecule has 1 aliphatic heterocycles. The average Bonchev–Trinajstić information content (AvgIpc) is 2.96. The summed E-state index contributed by atoms with van der Waals surface area (Å²) in [5.74, 6) is 0.135. The lowest BCUT2D eigenvalue weighted by molar-refractivity contribution is 0.124. The predicted molar refractivity (Wildman–Crippen MR) is 96.5 cm³/mol. The van der Waals surface area contributed by atoms with E-state index in [0.29, 0.717) is 37.3 Å². The number of nitriles is 1. The monoisotopic (exact) mass is 390 g/mol. The summed E-state index contributed by atoms with van der Waals surface area (Å²) in [6.45, 7) is 6.63. The van der Waals surface area contributed by atoms with Gasteiger partial charge in [0, 0.05) is 25.5 Å². The number of sulfonamides is 1. The highest BCUT2D eigenvalue weighted by Gasteiger charge is 2.35. The smallest absolute Gasteiger partial charge is 0.251 e. The van der Waals surface area contributed by atoms with Crippen molar-refractivity contribution >= 4 is 10.0 Å². The van der Waals surface area contributed by atoms with E-state index in [1.807, 2.05) is 13.0 Å². The largest absolute Gasteiger partial charge is 0.471 e. The molecular weight excluding hydrogens is 368 g/mol. The van der Waals surface area contributed by atoms with Gasteiger partial charge in [-0.3, -0.25) is 4.68 Å². The van der Waals surface area contributed by atoms with Crippen LogP contribution < -0.4 is 4.74 Å². The van der Waals surface area contributed by atoms with E-state index in [0.717, 1.165) is 0 Å². The molecule has 0 bridgehead atoms. The highest BCUT2D eigenvalue weighted by atomic mass is 32.2. The van der Waals surface area contributed by atoms with Crippen LogP contribution >= 0.6 is 0 Å². The van der Waals surface area contributed by atoms with Crippen LogP contribution in [0.4, 0.5) is 0 Å². The number of rotatable bonds is 5. The SMILES string of the molecule is CCn1nc(C)c(S(=O)(=O)N2CCCC(Oc3nccnc3C#N)C2)c1C. The second-order valence-corrected chi connectivity index (χ2v) is 8.26. The van der Waals surface area contributed by atoms with E-state index in [1.54, 1.807) is 18.5 Å². The van der Waals surface area contributed by atoms with E-state index in [-0.39, 0.29) is 29.1 Å². The van der Waals surface area contributed by atoms with Crippen LogP contribution in [0.15, 0.2) is 17.3 Å². The molecule has 144 valence electrons. The third-order valence-corrected chi connectivity index (χ3v) is 6.72. The lowest BCUT2D eigenvalue weighted by atomic mass is 10.1. The number of hydrogen-bond donors (Lipinski definition) is 0. The van der Waals surface area contributed by atoms with Gasteiger partial charge in [-0.15, -0.1) is 0 Å². The highest BCUT2D eigenvalue weighted by molar-refractivity contribution is 7.89. The van der Waals surface area contributed by atoms with Crippen LogP contribution in [0.3, 0.4) is 0 Å². The first-order chi connectivity index (χ1) is 12.9. The normalized spacial score (nSPS) is 18.2. The number of aryl methyl sites for hydroxylation is 2. The molecule has 1 atom stereocenters. The van der Waals surface area contributed by atoms with Crippen molar-refractivity contribution in [1.29, 1.82) is 5.26 Å². The van der Waals surface area contributed by atoms with Gasteiger partial charge in [0.2, 0.25) is 15.7 Å².